The predicted octanol–water partition coefficient (Wildman–Crippen LogP) is 3.29. The molecule has 0 atom stereocenters. The number of aromatic carboxylic acids is 1. The minimum absolute atomic E-state index is 0.287. The van der Waals surface area contributed by atoms with E-state index in [-0.39, 0.29) is 5.69 Å². The molecular formula is C16H15NO2. The molecule has 1 aliphatic carbocycles. The zero-order valence-electron chi connectivity index (χ0n) is 10.5. The van der Waals surface area contributed by atoms with Crippen LogP contribution in [0.5, 0.6) is 0 Å². The summed E-state index contributed by atoms with van der Waals surface area (Å²) < 4.78 is 0. The number of carboxylic acids is 1. The van der Waals surface area contributed by atoms with Gasteiger partial charge >= 0.3 is 5.97 Å². The molecule has 19 heavy (non-hydrogen) atoms. The third-order valence-corrected chi connectivity index (χ3v) is 3.54. The molecule has 3 heteroatoms. The van der Waals surface area contributed by atoms with Gasteiger partial charge in [-0.25, -0.2) is 4.79 Å². The molecule has 3 rings (SSSR count). The van der Waals surface area contributed by atoms with Crippen LogP contribution in [0, 0.1) is 0 Å². The third kappa shape index (κ3) is 2.32. The molecule has 0 unspecified atom stereocenters. The van der Waals surface area contributed by atoms with Crippen LogP contribution in [0.25, 0.3) is 5.57 Å². The van der Waals surface area contributed by atoms with Crippen molar-refractivity contribution in [1.82, 2.24) is 4.98 Å². The topological polar surface area (TPSA) is 53.1 Å². The highest BCUT2D eigenvalue weighted by Crippen LogP contribution is 2.32. The van der Waals surface area contributed by atoms with E-state index in [1.807, 2.05) is 18.2 Å². The molecule has 3 nitrogen and oxygen atoms in total. The lowest BCUT2D eigenvalue weighted by molar-refractivity contribution is 0.0691. The van der Waals surface area contributed by atoms with Crippen molar-refractivity contribution in [3.05, 3.63) is 65.0 Å². The molecule has 0 amide bonds. The Kier molecular flexibility index (Phi) is 2.95. The maximum atomic E-state index is 10.9. The van der Waals surface area contributed by atoms with Gasteiger partial charge in [0.1, 0.15) is 5.69 Å². The zero-order chi connectivity index (χ0) is 13.2. The number of allylic oxidation sites excluding steroid dienone is 2. The highest BCUT2D eigenvalue weighted by atomic mass is 16.4. The number of aromatic amines is 1. The number of aryl methyl sites for hydroxylation is 1. The number of fused-ring (bicyclic) bond motifs is 1. The van der Waals surface area contributed by atoms with Gasteiger partial charge in [0.15, 0.2) is 0 Å². The highest BCUT2D eigenvalue weighted by molar-refractivity contribution is 5.88. The van der Waals surface area contributed by atoms with Gasteiger partial charge < -0.3 is 10.1 Å². The van der Waals surface area contributed by atoms with E-state index < -0.39 is 5.97 Å². The van der Waals surface area contributed by atoms with Crippen LogP contribution in [0.15, 0.2) is 42.5 Å². The molecule has 2 N–H and O–H groups in total. The molecule has 0 aliphatic heterocycles. The maximum Gasteiger partial charge on any atom is 0.352 e. The van der Waals surface area contributed by atoms with Crippen LogP contribution in [0.2, 0.25) is 0 Å². The van der Waals surface area contributed by atoms with Crippen LogP contribution in [-0.4, -0.2) is 16.1 Å². The Morgan fingerprint density at radius 3 is 2.79 bits per heavy atom. The predicted molar refractivity (Wildman–Crippen MR) is 74.2 cm³/mol. The van der Waals surface area contributed by atoms with Gasteiger partial charge in [-0.05, 0) is 42.0 Å². The Bertz CT molecular complexity index is 638. The molecule has 1 aromatic heterocycles. The molecular weight excluding hydrogens is 238 g/mol. The average molecular weight is 253 g/mol. The highest BCUT2D eigenvalue weighted by Gasteiger charge is 2.21. The van der Waals surface area contributed by atoms with E-state index in [9.17, 15) is 4.79 Å². The van der Waals surface area contributed by atoms with Gasteiger partial charge in [0.05, 0.1) is 0 Å². The largest absolute Gasteiger partial charge is 0.477 e. The number of carbonyl (C=O) groups is 1. The van der Waals surface area contributed by atoms with Crippen molar-refractivity contribution in [3.63, 3.8) is 0 Å². The summed E-state index contributed by atoms with van der Waals surface area (Å²) in [6.07, 6.45) is 5.01. The van der Waals surface area contributed by atoms with Crippen LogP contribution < -0.4 is 0 Å². The molecule has 1 heterocycles. The molecule has 1 aromatic carbocycles. The summed E-state index contributed by atoms with van der Waals surface area (Å²) >= 11 is 0. The van der Waals surface area contributed by atoms with Gasteiger partial charge in [0.25, 0.3) is 0 Å². The summed E-state index contributed by atoms with van der Waals surface area (Å²) in [5, 5.41) is 8.99. The molecule has 0 bridgehead atoms. The molecule has 0 spiro atoms. The molecule has 0 saturated heterocycles. The normalized spacial score (nSPS) is 15.7. The summed E-state index contributed by atoms with van der Waals surface area (Å²) in [5.74, 6) is -0.892. The molecule has 0 saturated carbocycles. The fourth-order valence-corrected chi connectivity index (χ4v) is 2.55. The number of aromatic nitrogens is 1. The minimum Gasteiger partial charge on any atom is -0.477 e. The summed E-state index contributed by atoms with van der Waals surface area (Å²) in [4.78, 5) is 14.0. The van der Waals surface area contributed by atoms with Crippen molar-refractivity contribution in [2.24, 2.45) is 0 Å². The second-order valence-corrected chi connectivity index (χ2v) is 4.81. The first kappa shape index (κ1) is 11.8. The van der Waals surface area contributed by atoms with Crippen LogP contribution in [0.3, 0.4) is 0 Å². The first-order valence-electron chi connectivity index (χ1n) is 6.42. The van der Waals surface area contributed by atoms with Gasteiger partial charge in [-0.2, -0.15) is 0 Å². The summed E-state index contributed by atoms with van der Waals surface area (Å²) in [5.41, 5.74) is 4.92. The van der Waals surface area contributed by atoms with Gasteiger partial charge in [-0.15, -0.1) is 0 Å². The number of carboxylic acid groups (broad SMARTS) is 1. The van der Waals surface area contributed by atoms with Crippen LogP contribution >= 0.6 is 0 Å². The van der Waals surface area contributed by atoms with Crippen LogP contribution in [-0.2, 0) is 12.8 Å². The van der Waals surface area contributed by atoms with Crippen LogP contribution in [0.1, 0.15) is 33.7 Å². The van der Waals surface area contributed by atoms with Gasteiger partial charge in [0, 0.05) is 5.69 Å². The smallest absolute Gasteiger partial charge is 0.352 e. The third-order valence-electron chi connectivity index (χ3n) is 3.54. The number of nitrogens with one attached hydrogen (secondary N) is 1. The summed E-state index contributed by atoms with van der Waals surface area (Å²) in [6.45, 7) is 0. The van der Waals surface area contributed by atoms with E-state index in [4.69, 9.17) is 5.11 Å². The SMILES string of the molecule is O=C(O)c1cc2c([nH]1)/C(=C/Cc1ccccc1)CC2. The van der Waals surface area contributed by atoms with Gasteiger partial charge in [0.2, 0.25) is 0 Å². The summed E-state index contributed by atoms with van der Waals surface area (Å²) in [7, 11) is 0. The summed E-state index contributed by atoms with van der Waals surface area (Å²) in [6, 6.07) is 12.0. The fourth-order valence-electron chi connectivity index (χ4n) is 2.55. The Morgan fingerprint density at radius 2 is 2.05 bits per heavy atom. The number of hydrogen-bond acceptors (Lipinski definition) is 1. The van der Waals surface area contributed by atoms with E-state index in [1.54, 1.807) is 6.07 Å². The van der Waals surface area contributed by atoms with Crippen molar-refractivity contribution in [2.45, 2.75) is 19.3 Å². The Morgan fingerprint density at radius 1 is 1.26 bits per heavy atom. The maximum absolute atomic E-state index is 10.9. The minimum atomic E-state index is -0.892. The molecule has 0 fully saturated rings. The molecule has 0 radical (unpaired) electrons. The quantitative estimate of drug-likeness (QED) is 0.882. The molecule has 1 aliphatic rings. The van der Waals surface area contributed by atoms with E-state index in [0.717, 1.165) is 30.5 Å². The Hall–Kier alpha value is -2.29. The second kappa shape index (κ2) is 4.76. The van der Waals surface area contributed by atoms with E-state index in [0.29, 0.717) is 0 Å². The van der Waals surface area contributed by atoms with Crippen molar-refractivity contribution >= 4 is 11.5 Å². The van der Waals surface area contributed by atoms with Crippen molar-refractivity contribution in [1.29, 1.82) is 0 Å². The molecule has 2 aromatic rings. The van der Waals surface area contributed by atoms with Crippen molar-refractivity contribution in [2.75, 3.05) is 0 Å². The number of benzene rings is 1. The standard InChI is InChI=1S/C16H15NO2/c18-16(19)14-10-13-9-8-12(15(13)17-14)7-6-11-4-2-1-3-5-11/h1-5,7,10,17H,6,8-9H2,(H,18,19)/b12-7+. The Balaban J connectivity index is 1.83. The van der Waals surface area contributed by atoms with Crippen molar-refractivity contribution < 1.29 is 9.90 Å². The average Bonchev–Trinajstić information content (AvgIpc) is 2.98. The number of hydrogen-bond donors (Lipinski definition) is 2. The van der Waals surface area contributed by atoms with Gasteiger partial charge in [-0.3, -0.25) is 0 Å². The monoisotopic (exact) mass is 253 g/mol. The van der Waals surface area contributed by atoms with Gasteiger partial charge in [-0.1, -0.05) is 36.4 Å². The van der Waals surface area contributed by atoms with E-state index >= 15 is 0 Å². The molecule has 96 valence electrons. The number of H-pyrrole nitrogens is 1. The lowest BCUT2D eigenvalue weighted by Crippen LogP contribution is -1.96. The lowest BCUT2D eigenvalue weighted by atomic mass is 10.1. The first-order valence-corrected chi connectivity index (χ1v) is 6.42. The second-order valence-electron chi connectivity index (χ2n) is 4.81. The lowest BCUT2D eigenvalue weighted by Gasteiger charge is -1.99. The fraction of sp³-hybridized carbons (Fsp3) is 0.188. The van der Waals surface area contributed by atoms with Crippen molar-refractivity contribution in [3.8, 4) is 0 Å². The van der Waals surface area contributed by atoms with E-state index in [2.05, 4.69) is 23.2 Å². The Labute approximate surface area is 111 Å². The number of rotatable bonds is 3. The van der Waals surface area contributed by atoms with E-state index in [1.165, 1.54) is 11.1 Å². The zero-order valence-corrected chi connectivity index (χ0v) is 10.5. The van der Waals surface area contributed by atoms with Crippen LogP contribution in [0.4, 0.5) is 0 Å². The first-order chi connectivity index (χ1) is 9.24.